The molecule has 0 spiro atoms. The molecule has 1 N–H and O–H groups in total. The fourth-order valence-electron chi connectivity index (χ4n) is 3.77. The number of methoxy groups -OCH3 is 1. The van der Waals surface area contributed by atoms with Crippen molar-refractivity contribution in [2.45, 2.75) is 25.4 Å². The van der Waals surface area contributed by atoms with Crippen LogP contribution in [-0.2, 0) is 11.3 Å². The molecule has 1 atom stereocenters. The highest BCUT2D eigenvalue weighted by atomic mass is 32.1. The molecule has 0 radical (unpaired) electrons. The maximum Gasteiger partial charge on any atom is 0.236 e. The first-order valence-corrected chi connectivity index (χ1v) is 9.70. The van der Waals surface area contributed by atoms with Crippen LogP contribution in [0.15, 0.2) is 18.2 Å². The van der Waals surface area contributed by atoms with Gasteiger partial charge in [-0.3, -0.25) is 9.69 Å². The summed E-state index contributed by atoms with van der Waals surface area (Å²) in [6, 6.07) is 6.37. The number of aromatic nitrogens is 1. The van der Waals surface area contributed by atoms with Crippen LogP contribution in [0.5, 0.6) is 5.75 Å². The van der Waals surface area contributed by atoms with E-state index in [-0.39, 0.29) is 5.91 Å². The maximum absolute atomic E-state index is 12.2. The van der Waals surface area contributed by atoms with Crippen LogP contribution in [0.4, 0.5) is 0 Å². The highest BCUT2D eigenvalue weighted by Gasteiger charge is 2.30. The fraction of sp³-hybridized carbons (Fsp3) is 0.556. The second kappa shape index (κ2) is 7.27. The summed E-state index contributed by atoms with van der Waals surface area (Å²) in [5, 5.41) is 4.29. The van der Waals surface area contributed by atoms with E-state index in [0.29, 0.717) is 12.6 Å². The van der Waals surface area contributed by atoms with Crippen LogP contribution in [0.1, 0.15) is 17.8 Å². The van der Waals surface area contributed by atoms with Crippen LogP contribution >= 0.6 is 11.3 Å². The molecule has 4 rings (SSSR count). The van der Waals surface area contributed by atoms with Crippen molar-refractivity contribution in [1.82, 2.24) is 20.1 Å². The Morgan fingerprint density at radius 3 is 3.16 bits per heavy atom. The van der Waals surface area contributed by atoms with E-state index in [2.05, 4.69) is 21.2 Å². The second-order valence-electron chi connectivity index (χ2n) is 6.74. The average Bonchev–Trinajstić information content (AvgIpc) is 3.03. The molecule has 1 amide bonds. The summed E-state index contributed by atoms with van der Waals surface area (Å²) in [4.78, 5) is 21.4. The highest BCUT2D eigenvalue weighted by Crippen LogP contribution is 2.28. The van der Waals surface area contributed by atoms with E-state index in [4.69, 9.17) is 9.72 Å². The van der Waals surface area contributed by atoms with E-state index in [0.717, 1.165) is 61.8 Å². The second-order valence-corrected chi connectivity index (χ2v) is 7.85. The van der Waals surface area contributed by atoms with Crippen molar-refractivity contribution in [3.63, 3.8) is 0 Å². The van der Waals surface area contributed by atoms with Gasteiger partial charge in [-0.1, -0.05) is 0 Å². The molecule has 2 aliphatic heterocycles. The van der Waals surface area contributed by atoms with Crippen molar-refractivity contribution < 1.29 is 9.53 Å². The van der Waals surface area contributed by atoms with Gasteiger partial charge in [0.25, 0.3) is 0 Å². The molecule has 2 aromatic rings. The number of fused-ring (bicyclic) bond motifs is 1. The van der Waals surface area contributed by atoms with Gasteiger partial charge in [-0.25, -0.2) is 4.98 Å². The molecule has 1 aromatic carbocycles. The number of nitrogens with zero attached hydrogens (tertiary/aromatic N) is 3. The number of likely N-dealkylation sites (tertiary alicyclic amines) is 1. The van der Waals surface area contributed by atoms with Crippen molar-refractivity contribution in [3.8, 4) is 5.75 Å². The topological polar surface area (TPSA) is 57.7 Å². The summed E-state index contributed by atoms with van der Waals surface area (Å²) in [7, 11) is 1.69. The van der Waals surface area contributed by atoms with E-state index in [9.17, 15) is 4.79 Å². The maximum atomic E-state index is 12.2. The Morgan fingerprint density at radius 1 is 1.40 bits per heavy atom. The Hall–Kier alpha value is -1.70. The molecule has 0 bridgehead atoms. The first kappa shape index (κ1) is 16.8. The number of amides is 1. The normalized spacial score (nSPS) is 22.5. The zero-order valence-corrected chi connectivity index (χ0v) is 15.3. The first-order chi connectivity index (χ1) is 12.2. The summed E-state index contributed by atoms with van der Waals surface area (Å²) in [6.45, 7) is 5.11. The van der Waals surface area contributed by atoms with Gasteiger partial charge in [0, 0.05) is 25.7 Å². The van der Waals surface area contributed by atoms with E-state index >= 15 is 0 Å². The van der Waals surface area contributed by atoms with E-state index < -0.39 is 0 Å². The smallest absolute Gasteiger partial charge is 0.236 e. The average molecular weight is 360 g/mol. The molecule has 2 saturated heterocycles. The van der Waals surface area contributed by atoms with Crippen LogP contribution < -0.4 is 10.1 Å². The fourth-order valence-corrected chi connectivity index (χ4v) is 4.81. The molecule has 2 aliphatic rings. The minimum atomic E-state index is 0.241. The standard InChI is InChI=1S/C18H24N4O2S/c1-24-14-4-5-15-16(9-14)25-17(20-15)12-21-7-2-3-13(11-21)22-8-6-19-10-18(22)23/h4-5,9,13,19H,2-3,6-8,10-12H2,1H3. The summed E-state index contributed by atoms with van der Waals surface area (Å²) >= 11 is 1.73. The quantitative estimate of drug-likeness (QED) is 0.899. The van der Waals surface area contributed by atoms with Gasteiger partial charge in [0.15, 0.2) is 0 Å². The van der Waals surface area contributed by atoms with Gasteiger partial charge in [-0.05, 0) is 37.6 Å². The van der Waals surface area contributed by atoms with Gasteiger partial charge in [-0.2, -0.15) is 0 Å². The lowest BCUT2D eigenvalue weighted by Crippen LogP contribution is -2.56. The number of rotatable bonds is 4. The molecule has 2 fully saturated rings. The minimum absolute atomic E-state index is 0.241. The number of piperazine rings is 1. The molecule has 6 nitrogen and oxygen atoms in total. The largest absolute Gasteiger partial charge is 0.497 e. The zero-order valence-electron chi connectivity index (χ0n) is 14.5. The molecule has 25 heavy (non-hydrogen) atoms. The van der Waals surface area contributed by atoms with E-state index in [1.807, 2.05) is 12.1 Å². The van der Waals surface area contributed by atoms with Crippen molar-refractivity contribution in [1.29, 1.82) is 0 Å². The Labute approximate surface area is 151 Å². The minimum Gasteiger partial charge on any atom is -0.497 e. The van der Waals surface area contributed by atoms with Crippen LogP contribution in [0, 0.1) is 0 Å². The number of benzene rings is 1. The monoisotopic (exact) mass is 360 g/mol. The molecule has 0 saturated carbocycles. The van der Waals surface area contributed by atoms with Gasteiger partial charge in [0.1, 0.15) is 10.8 Å². The number of nitrogens with one attached hydrogen (secondary N) is 1. The molecular weight excluding hydrogens is 336 g/mol. The number of carbonyl (C=O) groups is 1. The lowest BCUT2D eigenvalue weighted by molar-refractivity contribution is -0.135. The lowest BCUT2D eigenvalue weighted by atomic mass is 10.0. The van der Waals surface area contributed by atoms with Crippen molar-refractivity contribution >= 4 is 27.5 Å². The van der Waals surface area contributed by atoms with Crippen LogP contribution in [0.3, 0.4) is 0 Å². The Morgan fingerprint density at radius 2 is 2.32 bits per heavy atom. The van der Waals surface area contributed by atoms with Crippen molar-refractivity contribution in [3.05, 3.63) is 23.2 Å². The highest BCUT2D eigenvalue weighted by molar-refractivity contribution is 7.18. The van der Waals surface area contributed by atoms with Crippen LogP contribution in [0.25, 0.3) is 10.2 Å². The Balaban J connectivity index is 1.44. The van der Waals surface area contributed by atoms with Crippen molar-refractivity contribution in [2.75, 3.05) is 39.8 Å². The third-order valence-corrected chi connectivity index (χ3v) is 6.05. The SMILES string of the molecule is COc1ccc2nc(CN3CCCC(N4CCNCC4=O)C3)sc2c1. The van der Waals surface area contributed by atoms with E-state index in [1.165, 1.54) is 4.70 Å². The number of carbonyl (C=O) groups excluding carboxylic acids is 1. The summed E-state index contributed by atoms with van der Waals surface area (Å²) in [6.07, 6.45) is 2.25. The molecule has 1 unspecified atom stereocenters. The van der Waals surface area contributed by atoms with Gasteiger partial charge in [-0.15, -0.1) is 11.3 Å². The number of ether oxygens (including phenoxy) is 1. The molecule has 3 heterocycles. The van der Waals surface area contributed by atoms with Crippen molar-refractivity contribution in [2.24, 2.45) is 0 Å². The van der Waals surface area contributed by atoms with Gasteiger partial charge in [0.2, 0.25) is 5.91 Å². The number of thiazole rings is 1. The summed E-state index contributed by atoms with van der Waals surface area (Å²) < 4.78 is 6.47. The predicted octanol–water partition coefficient (Wildman–Crippen LogP) is 1.70. The van der Waals surface area contributed by atoms with Gasteiger partial charge >= 0.3 is 0 Å². The molecule has 0 aliphatic carbocycles. The van der Waals surface area contributed by atoms with Crippen LogP contribution in [-0.4, -0.2) is 66.6 Å². The molecular formula is C18H24N4O2S. The molecule has 7 heteroatoms. The third-order valence-electron chi connectivity index (χ3n) is 5.05. The van der Waals surface area contributed by atoms with Gasteiger partial charge < -0.3 is 15.0 Å². The molecule has 1 aromatic heterocycles. The zero-order chi connectivity index (χ0) is 17.2. The van der Waals surface area contributed by atoms with Crippen LogP contribution in [0.2, 0.25) is 0 Å². The predicted molar refractivity (Wildman–Crippen MR) is 99.1 cm³/mol. The Bertz CT molecular complexity index is 763. The number of piperidine rings is 1. The number of hydrogen-bond acceptors (Lipinski definition) is 6. The molecule has 134 valence electrons. The summed E-state index contributed by atoms with van der Waals surface area (Å²) in [5.41, 5.74) is 1.03. The number of hydrogen-bond donors (Lipinski definition) is 1. The first-order valence-electron chi connectivity index (χ1n) is 8.89. The third kappa shape index (κ3) is 3.63. The Kier molecular flexibility index (Phi) is 4.87. The van der Waals surface area contributed by atoms with Gasteiger partial charge in [0.05, 0.1) is 30.4 Å². The summed E-state index contributed by atoms with van der Waals surface area (Å²) in [5.74, 6) is 1.11. The van der Waals surface area contributed by atoms with E-state index in [1.54, 1.807) is 18.4 Å². The lowest BCUT2D eigenvalue weighted by Gasteiger charge is -2.40.